The smallest absolute Gasteiger partial charge is 0.137 e. The van der Waals surface area contributed by atoms with E-state index in [1.807, 2.05) is 18.2 Å². The Morgan fingerprint density at radius 3 is 2.85 bits per heavy atom. The maximum atomic E-state index is 5.79. The number of hydrogen-bond acceptors (Lipinski definition) is 4. The fourth-order valence-electron chi connectivity index (χ4n) is 3.09. The minimum atomic E-state index is 0.740. The number of rotatable bonds is 4. The first-order valence-corrected chi connectivity index (χ1v) is 7.57. The summed E-state index contributed by atoms with van der Waals surface area (Å²) in [4.78, 5) is 8.63. The Morgan fingerprint density at radius 2 is 2.00 bits per heavy atom. The fourth-order valence-corrected chi connectivity index (χ4v) is 3.09. The van der Waals surface area contributed by atoms with Crippen LogP contribution in [0.25, 0.3) is 10.9 Å². The Balaban J connectivity index is 1.65. The molecule has 0 amide bonds. The largest absolute Gasteiger partial charge is 0.399 e. The molecule has 4 heteroatoms. The Hall–Kier alpha value is -1.84. The van der Waals surface area contributed by atoms with Crippen LogP contribution in [0.3, 0.4) is 0 Å². The molecule has 20 heavy (non-hydrogen) atoms. The number of anilines is 2. The molecule has 0 saturated heterocycles. The van der Waals surface area contributed by atoms with Gasteiger partial charge in [-0.1, -0.05) is 32.1 Å². The first-order valence-electron chi connectivity index (χ1n) is 7.57. The second kappa shape index (κ2) is 6.07. The summed E-state index contributed by atoms with van der Waals surface area (Å²) in [5.74, 6) is 1.81. The lowest BCUT2D eigenvalue weighted by Crippen LogP contribution is -2.13. The molecule has 3 rings (SSSR count). The van der Waals surface area contributed by atoms with Gasteiger partial charge in [-0.2, -0.15) is 0 Å². The fraction of sp³-hybridized carbons (Fsp3) is 0.500. The van der Waals surface area contributed by atoms with E-state index in [-0.39, 0.29) is 0 Å². The Labute approximate surface area is 119 Å². The second-order valence-electron chi connectivity index (χ2n) is 5.72. The molecule has 0 aliphatic heterocycles. The number of fused-ring (bicyclic) bond motifs is 1. The third-order valence-electron chi connectivity index (χ3n) is 4.23. The van der Waals surface area contributed by atoms with E-state index in [0.29, 0.717) is 0 Å². The lowest BCUT2D eigenvalue weighted by molar-refractivity contribution is 0.345. The van der Waals surface area contributed by atoms with E-state index in [9.17, 15) is 0 Å². The lowest BCUT2D eigenvalue weighted by Gasteiger charge is -2.21. The van der Waals surface area contributed by atoms with Gasteiger partial charge in [0.2, 0.25) is 0 Å². The molecule has 0 unspecified atom stereocenters. The Kier molecular flexibility index (Phi) is 4.00. The van der Waals surface area contributed by atoms with Crippen LogP contribution in [-0.4, -0.2) is 16.5 Å². The van der Waals surface area contributed by atoms with Gasteiger partial charge in [0.15, 0.2) is 0 Å². The van der Waals surface area contributed by atoms with Gasteiger partial charge in [0, 0.05) is 17.6 Å². The highest BCUT2D eigenvalue weighted by Gasteiger charge is 2.13. The number of aromatic nitrogens is 2. The van der Waals surface area contributed by atoms with Crippen molar-refractivity contribution >= 4 is 22.4 Å². The second-order valence-corrected chi connectivity index (χ2v) is 5.72. The molecule has 0 bridgehead atoms. The highest BCUT2D eigenvalue weighted by Crippen LogP contribution is 2.27. The van der Waals surface area contributed by atoms with Gasteiger partial charge in [-0.25, -0.2) is 9.97 Å². The highest BCUT2D eigenvalue weighted by molar-refractivity contribution is 5.90. The normalized spacial score (nSPS) is 16.4. The van der Waals surface area contributed by atoms with Gasteiger partial charge in [-0.15, -0.1) is 0 Å². The van der Waals surface area contributed by atoms with Crippen molar-refractivity contribution in [2.45, 2.75) is 38.5 Å². The van der Waals surface area contributed by atoms with E-state index in [0.717, 1.165) is 34.9 Å². The summed E-state index contributed by atoms with van der Waals surface area (Å²) in [5, 5.41) is 4.51. The zero-order chi connectivity index (χ0) is 13.8. The first kappa shape index (κ1) is 13.2. The number of nitrogens with one attached hydrogen (secondary N) is 1. The molecule has 2 aromatic rings. The SMILES string of the molecule is Nc1ccc2c(NCCC3CCCCC3)ncnc2c1. The zero-order valence-electron chi connectivity index (χ0n) is 11.8. The zero-order valence-corrected chi connectivity index (χ0v) is 11.8. The van der Waals surface area contributed by atoms with Crippen molar-refractivity contribution < 1.29 is 0 Å². The Bertz CT molecular complexity index is 576. The van der Waals surface area contributed by atoms with E-state index in [4.69, 9.17) is 5.73 Å². The standard InChI is InChI=1S/C16H22N4/c17-13-6-7-14-15(10-13)19-11-20-16(14)18-9-8-12-4-2-1-3-5-12/h6-7,10-12H,1-5,8-9,17H2,(H,18,19,20). The molecule has 4 nitrogen and oxygen atoms in total. The number of hydrogen-bond donors (Lipinski definition) is 2. The summed E-state index contributed by atoms with van der Waals surface area (Å²) < 4.78 is 0. The molecular weight excluding hydrogens is 248 g/mol. The van der Waals surface area contributed by atoms with E-state index in [2.05, 4.69) is 15.3 Å². The molecule has 1 aliphatic carbocycles. The lowest BCUT2D eigenvalue weighted by atomic mass is 9.87. The number of nitrogens with zero attached hydrogens (tertiary/aromatic N) is 2. The maximum Gasteiger partial charge on any atom is 0.137 e. The molecule has 0 atom stereocenters. The summed E-state index contributed by atoms with van der Waals surface area (Å²) in [5.41, 5.74) is 7.43. The van der Waals surface area contributed by atoms with Gasteiger partial charge in [-0.3, -0.25) is 0 Å². The molecule has 0 spiro atoms. The minimum absolute atomic E-state index is 0.740. The van der Waals surface area contributed by atoms with Crippen LogP contribution >= 0.6 is 0 Å². The van der Waals surface area contributed by atoms with Crippen molar-refractivity contribution in [1.82, 2.24) is 9.97 Å². The number of benzene rings is 1. The third kappa shape index (κ3) is 3.00. The molecule has 106 valence electrons. The quantitative estimate of drug-likeness (QED) is 0.833. The highest BCUT2D eigenvalue weighted by atomic mass is 15.0. The van der Waals surface area contributed by atoms with Crippen LogP contribution in [0, 0.1) is 5.92 Å². The summed E-state index contributed by atoms with van der Waals surface area (Å²) in [6.45, 7) is 0.987. The summed E-state index contributed by atoms with van der Waals surface area (Å²) in [6, 6.07) is 5.79. The molecule has 1 aromatic carbocycles. The maximum absolute atomic E-state index is 5.79. The third-order valence-corrected chi connectivity index (χ3v) is 4.23. The van der Waals surface area contributed by atoms with E-state index in [1.165, 1.54) is 38.5 Å². The molecule has 3 N–H and O–H groups in total. The molecule has 1 aromatic heterocycles. The summed E-state index contributed by atoms with van der Waals surface area (Å²) >= 11 is 0. The van der Waals surface area contributed by atoms with Gasteiger partial charge in [-0.05, 0) is 30.5 Å². The van der Waals surface area contributed by atoms with Crippen LogP contribution in [0.4, 0.5) is 11.5 Å². The predicted octanol–water partition coefficient (Wildman–Crippen LogP) is 3.59. The predicted molar refractivity (Wildman–Crippen MR) is 83.6 cm³/mol. The van der Waals surface area contributed by atoms with Crippen molar-refractivity contribution in [3.05, 3.63) is 24.5 Å². The molecule has 1 aliphatic rings. The first-order chi connectivity index (χ1) is 9.83. The topological polar surface area (TPSA) is 63.8 Å². The van der Waals surface area contributed by atoms with Gasteiger partial charge < -0.3 is 11.1 Å². The van der Waals surface area contributed by atoms with Gasteiger partial charge in [0.1, 0.15) is 12.1 Å². The average molecular weight is 270 g/mol. The summed E-state index contributed by atoms with van der Waals surface area (Å²) in [7, 11) is 0. The molecule has 1 fully saturated rings. The van der Waals surface area contributed by atoms with Gasteiger partial charge >= 0.3 is 0 Å². The van der Waals surface area contributed by atoms with Crippen LogP contribution in [0.5, 0.6) is 0 Å². The number of nitrogen functional groups attached to an aromatic ring is 1. The van der Waals surface area contributed by atoms with Crippen LogP contribution in [0.15, 0.2) is 24.5 Å². The van der Waals surface area contributed by atoms with E-state index < -0.39 is 0 Å². The van der Waals surface area contributed by atoms with Crippen molar-refractivity contribution in [1.29, 1.82) is 0 Å². The molecule has 0 radical (unpaired) electrons. The van der Waals surface area contributed by atoms with E-state index in [1.54, 1.807) is 6.33 Å². The van der Waals surface area contributed by atoms with E-state index >= 15 is 0 Å². The van der Waals surface area contributed by atoms with Crippen molar-refractivity contribution in [2.75, 3.05) is 17.6 Å². The van der Waals surface area contributed by atoms with Crippen LogP contribution in [0.2, 0.25) is 0 Å². The molecule has 1 saturated carbocycles. The van der Waals surface area contributed by atoms with Crippen LogP contribution in [0.1, 0.15) is 38.5 Å². The molecular formula is C16H22N4. The van der Waals surface area contributed by atoms with Crippen molar-refractivity contribution in [3.8, 4) is 0 Å². The summed E-state index contributed by atoms with van der Waals surface area (Å²) in [6.07, 6.45) is 9.85. The molecule has 1 heterocycles. The van der Waals surface area contributed by atoms with Gasteiger partial charge in [0.05, 0.1) is 5.52 Å². The minimum Gasteiger partial charge on any atom is -0.399 e. The number of nitrogens with two attached hydrogens (primary N) is 1. The Morgan fingerprint density at radius 1 is 1.15 bits per heavy atom. The van der Waals surface area contributed by atoms with Crippen LogP contribution in [-0.2, 0) is 0 Å². The van der Waals surface area contributed by atoms with Crippen molar-refractivity contribution in [3.63, 3.8) is 0 Å². The monoisotopic (exact) mass is 270 g/mol. The van der Waals surface area contributed by atoms with Crippen molar-refractivity contribution in [2.24, 2.45) is 5.92 Å². The van der Waals surface area contributed by atoms with Crippen LogP contribution < -0.4 is 11.1 Å². The average Bonchev–Trinajstić information content (AvgIpc) is 2.48. The van der Waals surface area contributed by atoms with Gasteiger partial charge in [0.25, 0.3) is 0 Å².